The minimum atomic E-state index is -2.46. The minimum Gasteiger partial charge on any atom is -0.479 e. The molecule has 1 unspecified atom stereocenters. The summed E-state index contributed by atoms with van der Waals surface area (Å²) < 4.78 is 4.82. The van der Waals surface area contributed by atoms with Crippen LogP contribution in [-0.2, 0) is 19.1 Å². The van der Waals surface area contributed by atoms with Crippen LogP contribution in [0.2, 0.25) is 0 Å². The van der Waals surface area contributed by atoms with Crippen molar-refractivity contribution in [3.8, 4) is 0 Å². The van der Waals surface area contributed by atoms with Crippen LogP contribution in [0.5, 0.6) is 0 Å². The van der Waals surface area contributed by atoms with Gasteiger partial charge >= 0.3 is 11.9 Å². The van der Waals surface area contributed by atoms with E-state index in [0.29, 0.717) is 0 Å². The number of carbonyl (C=O) groups excluding carboxylic acids is 2. The number of ether oxygens (including phenoxy) is 1. The Hall–Kier alpha value is -1.43. The zero-order chi connectivity index (χ0) is 13.1. The topological polar surface area (TPSA) is 101 Å². The van der Waals surface area contributed by atoms with E-state index < -0.39 is 28.9 Å². The lowest BCUT2D eigenvalue weighted by atomic mass is 9.91. The molecular weight excluding hydrogens is 216 g/mol. The molecular formula is C10H16O6. The third-order valence-corrected chi connectivity index (χ3v) is 1.97. The van der Waals surface area contributed by atoms with Crippen molar-refractivity contribution in [2.75, 3.05) is 0 Å². The van der Waals surface area contributed by atoms with Gasteiger partial charge in [0.05, 0.1) is 0 Å². The SMILES string of the molecule is CC(=O)OC(C)(C)CC(=O)C(C)(O)C(=O)O. The summed E-state index contributed by atoms with van der Waals surface area (Å²) in [4.78, 5) is 32.8. The van der Waals surface area contributed by atoms with Gasteiger partial charge in [0.25, 0.3) is 0 Å². The quantitative estimate of drug-likeness (QED) is 0.516. The first-order chi connectivity index (χ1) is 6.99. The summed E-state index contributed by atoms with van der Waals surface area (Å²) in [5, 5.41) is 18.0. The van der Waals surface area contributed by atoms with E-state index in [4.69, 9.17) is 9.84 Å². The number of aliphatic hydroxyl groups is 1. The highest BCUT2D eigenvalue weighted by Gasteiger charge is 2.41. The third-order valence-electron chi connectivity index (χ3n) is 1.97. The van der Waals surface area contributed by atoms with Gasteiger partial charge in [-0.1, -0.05) is 0 Å². The van der Waals surface area contributed by atoms with Crippen molar-refractivity contribution in [3.63, 3.8) is 0 Å². The second-order valence-electron chi connectivity index (χ2n) is 4.33. The van der Waals surface area contributed by atoms with Crippen molar-refractivity contribution in [1.29, 1.82) is 0 Å². The van der Waals surface area contributed by atoms with Crippen LogP contribution in [0.3, 0.4) is 0 Å². The molecule has 0 aromatic carbocycles. The highest BCUT2D eigenvalue weighted by atomic mass is 16.6. The normalized spacial score (nSPS) is 15.1. The van der Waals surface area contributed by atoms with Crippen molar-refractivity contribution in [2.45, 2.75) is 45.3 Å². The maximum atomic E-state index is 11.5. The smallest absolute Gasteiger partial charge is 0.343 e. The lowest BCUT2D eigenvalue weighted by Gasteiger charge is -2.26. The Balaban J connectivity index is 4.68. The van der Waals surface area contributed by atoms with E-state index in [-0.39, 0.29) is 6.42 Å². The Morgan fingerprint density at radius 1 is 1.19 bits per heavy atom. The van der Waals surface area contributed by atoms with Gasteiger partial charge < -0.3 is 14.9 Å². The number of hydrogen-bond acceptors (Lipinski definition) is 5. The molecule has 6 nitrogen and oxygen atoms in total. The standard InChI is InChI=1S/C10H16O6/c1-6(11)16-9(2,3)5-7(12)10(4,15)8(13)14/h15H,5H2,1-4H3,(H,13,14). The number of hydrogen-bond donors (Lipinski definition) is 2. The first kappa shape index (κ1) is 14.6. The molecule has 92 valence electrons. The van der Waals surface area contributed by atoms with Gasteiger partial charge in [-0.25, -0.2) is 4.79 Å². The molecule has 16 heavy (non-hydrogen) atoms. The molecule has 1 atom stereocenters. The number of carbonyl (C=O) groups is 3. The Bertz CT molecular complexity index is 315. The van der Waals surface area contributed by atoms with Gasteiger partial charge in [0, 0.05) is 13.3 Å². The van der Waals surface area contributed by atoms with Crippen molar-refractivity contribution >= 4 is 17.7 Å². The summed E-state index contributed by atoms with van der Waals surface area (Å²) in [5.74, 6) is -3.12. The summed E-state index contributed by atoms with van der Waals surface area (Å²) in [6, 6.07) is 0. The summed E-state index contributed by atoms with van der Waals surface area (Å²) in [6.45, 7) is 5.00. The number of esters is 1. The van der Waals surface area contributed by atoms with E-state index in [1.165, 1.54) is 20.8 Å². The van der Waals surface area contributed by atoms with Crippen LogP contribution in [0.4, 0.5) is 0 Å². The molecule has 0 spiro atoms. The molecule has 0 bridgehead atoms. The summed E-state index contributed by atoms with van der Waals surface area (Å²) in [5.41, 5.74) is -3.60. The molecule has 0 aliphatic heterocycles. The van der Waals surface area contributed by atoms with Crippen LogP contribution < -0.4 is 0 Å². The first-order valence-corrected chi connectivity index (χ1v) is 4.67. The van der Waals surface area contributed by atoms with Gasteiger partial charge in [-0.2, -0.15) is 0 Å². The molecule has 0 aliphatic carbocycles. The van der Waals surface area contributed by atoms with E-state index in [2.05, 4.69) is 0 Å². The van der Waals surface area contributed by atoms with Gasteiger partial charge in [0.15, 0.2) is 5.78 Å². The second kappa shape index (κ2) is 4.61. The van der Waals surface area contributed by atoms with Gasteiger partial charge in [-0.3, -0.25) is 9.59 Å². The van der Waals surface area contributed by atoms with Crippen molar-refractivity contribution < 1.29 is 29.3 Å². The van der Waals surface area contributed by atoms with Crippen LogP contribution in [0.15, 0.2) is 0 Å². The minimum absolute atomic E-state index is 0.369. The van der Waals surface area contributed by atoms with Gasteiger partial charge in [-0.05, 0) is 20.8 Å². The largest absolute Gasteiger partial charge is 0.479 e. The van der Waals surface area contributed by atoms with Gasteiger partial charge in [-0.15, -0.1) is 0 Å². The lowest BCUT2D eigenvalue weighted by molar-refractivity contribution is -0.167. The predicted octanol–water partition coefficient (Wildman–Crippen LogP) is 0.123. The van der Waals surface area contributed by atoms with E-state index in [1.807, 2.05) is 0 Å². The van der Waals surface area contributed by atoms with E-state index in [0.717, 1.165) is 6.92 Å². The van der Waals surface area contributed by atoms with Crippen LogP contribution in [0, 0.1) is 0 Å². The monoisotopic (exact) mass is 232 g/mol. The fourth-order valence-electron chi connectivity index (χ4n) is 1.10. The van der Waals surface area contributed by atoms with E-state index in [9.17, 15) is 19.5 Å². The number of aliphatic carboxylic acids is 1. The van der Waals surface area contributed by atoms with Gasteiger partial charge in [0.1, 0.15) is 5.60 Å². The average molecular weight is 232 g/mol. The zero-order valence-electron chi connectivity index (χ0n) is 9.73. The number of carboxylic acids is 1. The molecule has 0 radical (unpaired) electrons. The molecule has 0 aliphatic rings. The zero-order valence-corrected chi connectivity index (χ0v) is 9.73. The Morgan fingerprint density at radius 2 is 1.62 bits per heavy atom. The highest BCUT2D eigenvalue weighted by molar-refractivity contribution is 6.06. The molecule has 0 fully saturated rings. The Morgan fingerprint density at radius 3 is 1.94 bits per heavy atom. The summed E-state index contributed by atoms with van der Waals surface area (Å²) in [6.07, 6.45) is -0.369. The average Bonchev–Trinajstić information content (AvgIpc) is 1.99. The van der Waals surface area contributed by atoms with Crippen molar-refractivity contribution in [3.05, 3.63) is 0 Å². The van der Waals surface area contributed by atoms with Crippen molar-refractivity contribution in [2.24, 2.45) is 0 Å². The fraction of sp³-hybridized carbons (Fsp3) is 0.700. The molecule has 0 aromatic rings. The van der Waals surface area contributed by atoms with Crippen molar-refractivity contribution in [1.82, 2.24) is 0 Å². The molecule has 0 amide bonds. The molecule has 6 heteroatoms. The fourth-order valence-corrected chi connectivity index (χ4v) is 1.10. The maximum absolute atomic E-state index is 11.5. The highest BCUT2D eigenvalue weighted by Crippen LogP contribution is 2.20. The van der Waals surface area contributed by atoms with Gasteiger partial charge in [0.2, 0.25) is 5.60 Å². The van der Waals surface area contributed by atoms with E-state index in [1.54, 1.807) is 0 Å². The van der Waals surface area contributed by atoms with Crippen LogP contribution in [-0.4, -0.2) is 39.1 Å². The Kier molecular flexibility index (Phi) is 4.20. The summed E-state index contributed by atoms with van der Waals surface area (Å²) in [7, 11) is 0. The first-order valence-electron chi connectivity index (χ1n) is 4.67. The molecule has 2 N–H and O–H groups in total. The Labute approximate surface area is 93.2 Å². The molecule has 0 saturated carbocycles. The third kappa shape index (κ3) is 3.98. The predicted molar refractivity (Wildman–Crippen MR) is 53.7 cm³/mol. The van der Waals surface area contributed by atoms with Crippen LogP contribution in [0.25, 0.3) is 0 Å². The summed E-state index contributed by atoms with van der Waals surface area (Å²) >= 11 is 0. The molecule has 0 saturated heterocycles. The number of ketones is 1. The number of rotatable bonds is 5. The number of Topliss-reactive ketones (excluding diaryl/α,β-unsaturated/α-hetero) is 1. The molecule has 0 aromatic heterocycles. The maximum Gasteiger partial charge on any atom is 0.343 e. The van der Waals surface area contributed by atoms with Crippen LogP contribution in [0.1, 0.15) is 34.1 Å². The molecule has 0 rings (SSSR count). The van der Waals surface area contributed by atoms with E-state index >= 15 is 0 Å². The lowest BCUT2D eigenvalue weighted by Crippen LogP contribution is -2.46. The molecule has 0 heterocycles. The second-order valence-corrected chi connectivity index (χ2v) is 4.33. The van der Waals surface area contributed by atoms with Crippen LogP contribution >= 0.6 is 0 Å². The number of carboxylic acid groups (broad SMARTS) is 1.